The molecule has 110 valence electrons. The first-order chi connectivity index (χ1) is 10.5. The molecule has 0 spiro atoms. The van der Waals surface area contributed by atoms with Crippen LogP contribution in [0, 0.1) is 5.82 Å². The van der Waals surface area contributed by atoms with Gasteiger partial charge in [-0.3, -0.25) is 14.8 Å². The van der Waals surface area contributed by atoms with Crippen LogP contribution in [0.25, 0.3) is 10.9 Å². The molecule has 0 aliphatic carbocycles. The highest BCUT2D eigenvalue weighted by Crippen LogP contribution is 2.22. The van der Waals surface area contributed by atoms with Crippen LogP contribution in [0.2, 0.25) is 5.02 Å². The largest absolute Gasteiger partial charge is 0.366 e. The fourth-order valence-electron chi connectivity index (χ4n) is 2.28. The van der Waals surface area contributed by atoms with E-state index >= 15 is 0 Å². The third-order valence-corrected chi connectivity index (χ3v) is 3.46. The van der Waals surface area contributed by atoms with Crippen LogP contribution in [-0.2, 0) is 6.42 Å². The zero-order chi connectivity index (χ0) is 15.7. The number of rotatable bonds is 3. The summed E-state index contributed by atoms with van der Waals surface area (Å²) in [6, 6.07) is 8.00. The van der Waals surface area contributed by atoms with Gasteiger partial charge in [-0.2, -0.15) is 0 Å². The van der Waals surface area contributed by atoms with Gasteiger partial charge in [0.25, 0.3) is 0 Å². The molecule has 0 atom stereocenters. The van der Waals surface area contributed by atoms with Crippen molar-refractivity contribution in [1.29, 1.82) is 0 Å². The molecule has 2 N–H and O–H groups in total. The fourth-order valence-corrected chi connectivity index (χ4v) is 2.44. The van der Waals surface area contributed by atoms with Crippen LogP contribution < -0.4 is 5.73 Å². The molecule has 0 aliphatic heterocycles. The summed E-state index contributed by atoms with van der Waals surface area (Å²) >= 11 is 5.89. The number of carbonyl (C=O) groups excluding carboxylic acids is 1. The predicted molar refractivity (Wildman–Crippen MR) is 82.3 cm³/mol. The SMILES string of the molecule is NC(=O)c1ccnc(Cc2cc(F)c3ncc(Cl)cc3c2)c1. The molecular formula is C16H11ClFN3O. The number of aromatic nitrogens is 2. The van der Waals surface area contributed by atoms with Gasteiger partial charge in [-0.05, 0) is 35.9 Å². The molecular weight excluding hydrogens is 305 g/mol. The average molecular weight is 316 g/mol. The van der Waals surface area contributed by atoms with Gasteiger partial charge in [-0.1, -0.05) is 11.6 Å². The molecule has 0 saturated carbocycles. The second-order valence-corrected chi connectivity index (χ2v) is 5.32. The van der Waals surface area contributed by atoms with E-state index in [1.807, 2.05) is 0 Å². The summed E-state index contributed by atoms with van der Waals surface area (Å²) in [4.78, 5) is 19.3. The Bertz CT molecular complexity index is 882. The monoisotopic (exact) mass is 315 g/mol. The van der Waals surface area contributed by atoms with Crippen molar-refractivity contribution in [3.8, 4) is 0 Å². The Morgan fingerprint density at radius 3 is 2.82 bits per heavy atom. The minimum atomic E-state index is -0.524. The van der Waals surface area contributed by atoms with Crippen LogP contribution in [0.1, 0.15) is 21.6 Å². The molecule has 3 rings (SSSR count). The van der Waals surface area contributed by atoms with Gasteiger partial charge in [0.2, 0.25) is 5.91 Å². The Morgan fingerprint density at radius 1 is 1.23 bits per heavy atom. The molecule has 3 aromatic rings. The highest BCUT2D eigenvalue weighted by Gasteiger charge is 2.08. The first kappa shape index (κ1) is 14.4. The molecule has 6 heteroatoms. The van der Waals surface area contributed by atoms with Crippen LogP contribution in [0.3, 0.4) is 0 Å². The number of benzene rings is 1. The molecule has 22 heavy (non-hydrogen) atoms. The maximum atomic E-state index is 14.1. The third kappa shape index (κ3) is 2.89. The maximum Gasteiger partial charge on any atom is 0.248 e. The first-order valence-corrected chi connectivity index (χ1v) is 6.89. The van der Waals surface area contributed by atoms with E-state index in [9.17, 15) is 9.18 Å². The predicted octanol–water partition coefficient (Wildman–Crippen LogP) is 3.11. The van der Waals surface area contributed by atoms with Crippen molar-refractivity contribution in [3.63, 3.8) is 0 Å². The van der Waals surface area contributed by atoms with Crippen molar-refractivity contribution >= 4 is 28.4 Å². The van der Waals surface area contributed by atoms with Crippen molar-refractivity contribution in [2.45, 2.75) is 6.42 Å². The van der Waals surface area contributed by atoms with Gasteiger partial charge >= 0.3 is 0 Å². The summed E-state index contributed by atoms with van der Waals surface area (Å²) in [5.74, 6) is -0.945. The second kappa shape index (κ2) is 5.69. The quantitative estimate of drug-likeness (QED) is 0.807. The van der Waals surface area contributed by atoms with Gasteiger partial charge in [0.1, 0.15) is 11.3 Å². The maximum absolute atomic E-state index is 14.1. The van der Waals surface area contributed by atoms with E-state index in [-0.39, 0.29) is 5.52 Å². The summed E-state index contributed by atoms with van der Waals surface area (Å²) < 4.78 is 14.1. The van der Waals surface area contributed by atoms with Crippen LogP contribution in [-0.4, -0.2) is 15.9 Å². The molecule has 2 aromatic heterocycles. The van der Waals surface area contributed by atoms with Crippen molar-refractivity contribution in [3.05, 3.63) is 70.4 Å². The van der Waals surface area contributed by atoms with Crippen LogP contribution in [0.4, 0.5) is 4.39 Å². The average Bonchev–Trinajstić information content (AvgIpc) is 2.47. The lowest BCUT2D eigenvalue weighted by atomic mass is 10.0. The zero-order valence-corrected chi connectivity index (χ0v) is 12.1. The topological polar surface area (TPSA) is 68.9 Å². The number of halogens is 2. The summed E-state index contributed by atoms with van der Waals surface area (Å²) in [5.41, 5.74) is 7.22. The van der Waals surface area contributed by atoms with Crippen molar-refractivity contribution in [2.75, 3.05) is 0 Å². The van der Waals surface area contributed by atoms with Gasteiger partial charge in [-0.25, -0.2) is 4.39 Å². The van der Waals surface area contributed by atoms with Crippen molar-refractivity contribution < 1.29 is 9.18 Å². The third-order valence-electron chi connectivity index (χ3n) is 3.25. The number of hydrogen-bond donors (Lipinski definition) is 1. The molecule has 0 unspecified atom stereocenters. The van der Waals surface area contributed by atoms with E-state index < -0.39 is 11.7 Å². The lowest BCUT2D eigenvalue weighted by Gasteiger charge is -2.06. The van der Waals surface area contributed by atoms with Gasteiger partial charge in [0.05, 0.1) is 5.02 Å². The first-order valence-electron chi connectivity index (χ1n) is 6.51. The minimum Gasteiger partial charge on any atom is -0.366 e. The van der Waals surface area contributed by atoms with Crippen LogP contribution in [0.5, 0.6) is 0 Å². The molecule has 0 fully saturated rings. The van der Waals surface area contributed by atoms with Crippen LogP contribution >= 0.6 is 11.6 Å². The summed E-state index contributed by atoms with van der Waals surface area (Å²) in [7, 11) is 0. The van der Waals surface area contributed by atoms with Gasteiger partial charge in [-0.15, -0.1) is 0 Å². The summed E-state index contributed by atoms with van der Waals surface area (Å²) in [5, 5.41) is 1.06. The molecule has 0 bridgehead atoms. The normalized spacial score (nSPS) is 10.8. The number of carbonyl (C=O) groups is 1. The molecule has 4 nitrogen and oxygen atoms in total. The lowest BCUT2D eigenvalue weighted by Crippen LogP contribution is -2.11. The number of pyridine rings is 2. The Hall–Kier alpha value is -2.53. The highest BCUT2D eigenvalue weighted by molar-refractivity contribution is 6.31. The fraction of sp³-hybridized carbons (Fsp3) is 0.0625. The molecule has 0 radical (unpaired) electrons. The van der Waals surface area contributed by atoms with E-state index in [4.69, 9.17) is 17.3 Å². The lowest BCUT2D eigenvalue weighted by molar-refractivity contribution is 0.1000. The van der Waals surface area contributed by atoms with Gasteiger partial charge < -0.3 is 5.73 Å². The van der Waals surface area contributed by atoms with Gasteiger partial charge in [0.15, 0.2) is 0 Å². The minimum absolute atomic E-state index is 0.270. The van der Waals surface area contributed by atoms with E-state index in [0.717, 1.165) is 0 Å². The van der Waals surface area contributed by atoms with Crippen molar-refractivity contribution in [1.82, 2.24) is 9.97 Å². The Morgan fingerprint density at radius 2 is 2.05 bits per heavy atom. The molecule has 1 amide bonds. The number of nitrogens with zero attached hydrogens (tertiary/aromatic N) is 2. The molecule has 0 aliphatic rings. The smallest absolute Gasteiger partial charge is 0.248 e. The van der Waals surface area contributed by atoms with Crippen LogP contribution in [0.15, 0.2) is 42.7 Å². The molecule has 2 heterocycles. The van der Waals surface area contributed by atoms with E-state index in [1.54, 1.807) is 18.2 Å². The van der Waals surface area contributed by atoms with Crippen molar-refractivity contribution in [2.24, 2.45) is 5.73 Å². The number of amides is 1. The number of fused-ring (bicyclic) bond motifs is 1. The Kier molecular flexibility index (Phi) is 3.73. The van der Waals surface area contributed by atoms with E-state index in [0.29, 0.717) is 33.7 Å². The Labute approximate surface area is 130 Å². The summed E-state index contributed by atoms with van der Waals surface area (Å²) in [6.07, 6.45) is 3.29. The highest BCUT2D eigenvalue weighted by atomic mass is 35.5. The van der Waals surface area contributed by atoms with E-state index in [2.05, 4.69) is 9.97 Å². The second-order valence-electron chi connectivity index (χ2n) is 4.88. The van der Waals surface area contributed by atoms with E-state index in [1.165, 1.54) is 24.5 Å². The number of hydrogen-bond acceptors (Lipinski definition) is 3. The molecule has 0 saturated heterocycles. The Balaban J connectivity index is 2.00. The summed E-state index contributed by atoms with van der Waals surface area (Å²) in [6.45, 7) is 0. The number of nitrogens with two attached hydrogens (primary N) is 1. The molecule has 1 aromatic carbocycles. The zero-order valence-electron chi connectivity index (χ0n) is 11.4. The standard InChI is InChI=1S/C16H11ClFN3O/c17-12-6-11-3-9(5-14(18)15(11)21-8-12)4-13-7-10(16(19)22)1-2-20-13/h1-3,5-8H,4H2,(H2,19,22). The number of primary amides is 1. The van der Waals surface area contributed by atoms with Gasteiger partial charge in [0, 0.05) is 35.5 Å².